The molecule has 0 aromatic carbocycles. The lowest BCUT2D eigenvalue weighted by Gasteiger charge is -2.70. The van der Waals surface area contributed by atoms with Crippen molar-refractivity contribution in [2.24, 2.45) is 50.2 Å². The third-order valence-electron chi connectivity index (χ3n) is 14.8. The minimum absolute atomic E-state index is 0.0225. The molecule has 11 heteroatoms. The molecule has 10 atom stereocenters. The Kier molecular flexibility index (Phi) is 7.95. The maximum absolute atomic E-state index is 14.8. The first-order valence-corrected chi connectivity index (χ1v) is 17.4. The van der Waals surface area contributed by atoms with Crippen LogP contribution in [0.2, 0.25) is 0 Å². The average molecular weight is 670 g/mol. The first-order chi connectivity index (χ1) is 22.3. The van der Waals surface area contributed by atoms with Gasteiger partial charge < -0.3 is 28.7 Å². The number of ether oxygens (including phenoxy) is 2. The fourth-order valence-electron chi connectivity index (χ4n) is 11.8. The van der Waals surface area contributed by atoms with Crippen LogP contribution in [-0.2, 0) is 30.5 Å². The summed E-state index contributed by atoms with van der Waals surface area (Å²) in [7, 11) is 1.28. The molecule has 10 unspecified atom stereocenters. The van der Waals surface area contributed by atoms with Crippen LogP contribution in [0.15, 0.2) is 25.3 Å². The van der Waals surface area contributed by atoms with Gasteiger partial charge in [0.05, 0.1) is 24.0 Å². The van der Waals surface area contributed by atoms with E-state index in [0.29, 0.717) is 25.7 Å². The number of hydrogen-bond donors (Lipinski definition) is 2. The molecule has 1 aromatic heterocycles. The Morgan fingerprint density at radius 1 is 0.938 bits per heavy atom. The van der Waals surface area contributed by atoms with Gasteiger partial charge in [0.25, 0.3) is 0 Å². The summed E-state index contributed by atoms with van der Waals surface area (Å²) in [4.78, 5) is 65.9. The Morgan fingerprint density at radius 2 is 1.62 bits per heavy atom. The third kappa shape index (κ3) is 4.61. The van der Waals surface area contributed by atoms with E-state index < -0.39 is 51.0 Å². The number of carbonyl (C=O) groups is 4. The van der Waals surface area contributed by atoms with Gasteiger partial charge in [-0.15, -0.1) is 0 Å². The van der Waals surface area contributed by atoms with Gasteiger partial charge in [-0.1, -0.05) is 39.7 Å². The van der Waals surface area contributed by atoms with Gasteiger partial charge in [-0.25, -0.2) is 9.59 Å². The topological polar surface area (TPSA) is 162 Å². The number of carbonyl (C=O) groups excluding carboxylic acids is 3. The van der Waals surface area contributed by atoms with Crippen molar-refractivity contribution in [3.05, 3.63) is 33.8 Å². The lowest BCUT2D eigenvalue weighted by molar-refractivity contribution is -0.201. The minimum atomic E-state index is -1.25. The summed E-state index contributed by atoms with van der Waals surface area (Å²) in [6, 6.07) is -0.761. The summed E-state index contributed by atoms with van der Waals surface area (Å²) >= 11 is 0. The van der Waals surface area contributed by atoms with Crippen molar-refractivity contribution in [3.63, 3.8) is 0 Å². The molecule has 1 amide bonds. The van der Waals surface area contributed by atoms with E-state index in [1.54, 1.807) is 13.8 Å². The lowest BCUT2D eigenvalue weighted by atomic mass is 9.33. The monoisotopic (exact) mass is 669 g/mol. The Bertz CT molecular complexity index is 1640. The van der Waals surface area contributed by atoms with Gasteiger partial charge in [0, 0.05) is 11.8 Å². The number of hydrogen-bond acceptors (Lipinski definition) is 9. The first kappa shape index (κ1) is 34.5. The van der Waals surface area contributed by atoms with E-state index in [4.69, 9.17) is 18.3 Å². The highest BCUT2D eigenvalue weighted by atomic mass is 16.6. The molecule has 5 aliphatic rings. The summed E-state index contributed by atoms with van der Waals surface area (Å²) < 4.78 is 20.8. The molecule has 4 saturated carbocycles. The van der Waals surface area contributed by atoms with Crippen LogP contribution in [0.5, 0.6) is 0 Å². The lowest BCUT2D eigenvalue weighted by Crippen LogP contribution is -2.69. The van der Waals surface area contributed by atoms with Gasteiger partial charge in [0.15, 0.2) is 23.9 Å². The number of carboxylic acid groups (broad SMARTS) is 1. The number of methoxy groups -OCH3 is 1. The summed E-state index contributed by atoms with van der Waals surface area (Å²) in [6.45, 7) is 13.9. The average Bonchev–Trinajstić information content (AvgIpc) is 3.34. The normalized spacial score (nSPS) is 43.4. The van der Waals surface area contributed by atoms with E-state index in [1.807, 2.05) is 13.0 Å². The molecule has 264 valence electrons. The van der Waals surface area contributed by atoms with Crippen LogP contribution in [0, 0.1) is 57.2 Å². The molecule has 5 aliphatic carbocycles. The van der Waals surface area contributed by atoms with E-state index >= 15 is 0 Å². The van der Waals surface area contributed by atoms with Gasteiger partial charge in [0.1, 0.15) is 0 Å². The third-order valence-corrected chi connectivity index (χ3v) is 14.8. The van der Waals surface area contributed by atoms with Crippen molar-refractivity contribution in [3.8, 4) is 0 Å². The number of nitrogens with one attached hydrogen (secondary N) is 1. The molecular formula is C37H51NO10. The highest BCUT2D eigenvalue weighted by molar-refractivity contribution is 5.96. The second-order valence-corrected chi connectivity index (χ2v) is 17.0. The summed E-state index contributed by atoms with van der Waals surface area (Å²) in [6.07, 6.45) is 7.52. The number of rotatable bonds is 5. The number of carboxylic acids is 1. The Morgan fingerprint density at radius 3 is 2.25 bits per heavy atom. The van der Waals surface area contributed by atoms with Gasteiger partial charge in [-0.2, -0.15) is 0 Å². The van der Waals surface area contributed by atoms with Gasteiger partial charge >= 0.3 is 23.9 Å². The van der Waals surface area contributed by atoms with Gasteiger partial charge in [-0.05, 0) is 106 Å². The predicted octanol–water partition coefficient (Wildman–Crippen LogP) is 6.35. The molecule has 4 fully saturated rings. The Hall–Kier alpha value is -3.37. The van der Waals surface area contributed by atoms with Crippen molar-refractivity contribution < 1.29 is 42.6 Å². The van der Waals surface area contributed by atoms with E-state index in [-0.39, 0.29) is 53.0 Å². The van der Waals surface area contributed by atoms with Crippen LogP contribution in [0.3, 0.4) is 0 Å². The number of ketones is 1. The fraction of sp³-hybridized carbons (Fsp3) is 0.757. The number of allylic oxidation sites excluding steroid dienone is 1. The second kappa shape index (κ2) is 11.1. The number of esters is 1. The zero-order valence-electron chi connectivity index (χ0n) is 29.6. The van der Waals surface area contributed by atoms with Crippen molar-refractivity contribution in [2.75, 3.05) is 7.11 Å². The van der Waals surface area contributed by atoms with Gasteiger partial charge in [0.2, 0.25) is 0 Å². The number of alkyl carbamates (subject to hydrolysis) is 1. The number of aryl methyl sites for hydroxylation is 1. The molecule has 1 heterocycles. The van der Waals surface area contributed by atoms with E-state index in [0.717, 1.165) is 37.7 Å². The second-order valence-electron chi connectivity index (χ2n) is 17.0. The van der Waals surface area contributed by atoms with Crippen LogP contribution >= 0.6 is 0 Å². The van der Waals surface area contributed by atoms with Gasteiger partial charge in [-0.3, -0.25) is 14.4 Å². The highest BCUT2D eigenvalue weighted by Gasteiger charge is 2.72. The smallest absolute Gasteiger partial charge is 0.481 e. The molecule has 0 saturated heterocycles. The SMILES string of the molecule is COC(=O)NC1C2C3=CC(=O)C4C5(C)CCCC(C)(C(=O)OCc6oc(=O)oc6C)C5CCC4(C)C3(C)CCC2(C)CCC1(C)C(=O)O. The summed E-state index contributed by atoms with van der Waals surface area (Å²) in [5, 5.41) is 13.5. The molecule has 0 bridgehead atoms. The molecular weight excluding hydrogens is 618 g/mol. The van der Waals surface area contributed by atoms with Crippen molar-refractivity contribution in [1.82, 2.24) is 5.32 Å². The van der Waals surface area contributed by atoms with Crippen LogP contribution in [-0.4, -0.2) is 42.1 Å². The van der Waals surface area contributed by atoms with Crippen LogP contribution in [0.1, 0.15) is 111 Å². The minimum Gasteiger partial charge on any atom is -0.481 e. The van der Waals surface area contributed by atoms with Crippen LogP contribution in [0.4, 0.5) is 4.79 Å². The summed E-state index contributed by atoms with van der Waals surface area (Å²) in [5.74, 6) is -2.53. The maximum atomic E-state index is 14.8. The fourth-order valence-corrected chi connectivity index (χ4v) is 11.8. The quantitative estimate of drug-likeness (QED) is 0.338. The molecule has 1 aromatic rings. The number of amides is 1. The molecule has 0 spiro atoms. The Labute approximate surface area is 281 Å². The first-order valence-electron chi connectivity index (χ1n) is 17.4. The molecule has 0 aliphatic heterocycles. The molecule has 6 rings (SSSR count). The predicted molar refractivity (Wildman–Crippen MR) is 172 cm³/mol. The molecule has 2 N–H and O–H groups in total. The van der Waals surface area contributed by atoms with Crippen molar-refractivity contribution >= 4 is 23.8 Å². The Balaban J connectivity index is 1.39. The zero-order valence-corrected chi connectivity index (χ0v) is 29.6. The number of aliphatic carboxylic acids is 1. The molecule has 0 radical (unpaired) electrons. The maximum Gasteiger partial charge on any atom is 0.519 e. The number of fused-ring (bicyclic) bond motifs is 7. The summed E-state index contributed by atoms with van der Waals surface area (Å²) in [5.41, 5.74) is -2.85. The van der Waals surface area contributed by atoms with E-state index in [9.17, 15) is 29.1 Å². The van der Waals surface area contributed by atoms with Crippen molar-refractivity contribution in [1.29, 1.82) is 0 Å². The molecule has 48 heavy (non-hydrogen) atoms. The zero-order chi connectivity index (χ0) is 35.2. The highest BCUT2D eigenvalue weighted by Crippen LogP contribution is 2.75. The largest absolute Gasteiger partial charge is 0.519 e. The van der Waals surface area contributed by atoms with E-state index in [1.165, 1.54) is 7.11 Å². The van der Waals surface area contributed by atoms with E-state index in [2.05, 4.69) is 33.0 Å². The van der Waals surface area contributed by atoms with Crippen LogP contribution in [0.25, 0.3) is 0 Å². The van der Waals surface area contributed by atoms with Crippen molar-refractivity contribution in [2.45, 2.75) is 119 Å². The standard InChI is InChI=1S/C37H51NO10/c1-20-23(48-31(44)47-20)19-46-29(42)34(4)12-9-11-33(3)24(34)10-13-37(7)26(33)22(39)18-21-25-27(38-30(43)45-8)35(5,28(40)41)16-14-32(25,2)15-17-36(21,37)6/h18,24-27H,9-17,19H2,1-8H3,(H,38,43)(H,40,41). The van der Waals surface area contributed by atoms with Crippen LogP contribution < -0.4 is 11.1 Å². The molecule has 11 nitrogen and oxygen atoms in total.